The lowest BCUT2D eigenvalue weighted by Crippen LogP contribution is -2.52. The average Bonchev–Trinajstić information content (AvgIpc) is 3.57. The highest BCUT2D eigenvalue weighted by Gasteiger charge is 2.23. The second-order valence-corrected chi connectivity index (χ2v) is 16.0. The number of carbonyl (C=O) groups excluding carboxylic acids is 4. The summed E-state index contributed by atoms with van der Waals surface area (Å²) in [4.78, 5) is 75.7. The van der Waals surface area contributed by atoms with Crippen LogP contribution in [-0.2, 0) is 20.9 Å². The van der Waals surface area contributed by atoms with Gasteiger partial charge in [-0.1, -0.05) is 32.4 Å². The summed E-state index contributed by atoms with van der Waals surface area (Å²) in [5.41, 5.74) is 19.2. The van der Waals surface area contributed by atoms with Gasteiger partial charge in [-0.25, -0.2) is 4.79 Å². The smallest absolute Gasteiger partial charge is 0.328 e. The number of amides is 4. The Morgan fingerprint density at radius 3 is 2.20 bits per heavy atom. The number of anilines is 2. The van der Waals surface area contributed by atoms with E-state index in [1.165, 1.54) is 4.57 Å². The molecular weight excluding hydrogens is 801 g/mol. The number of thioether (sulfide) groups is 1. The van der Waals surface area contributed by atoms with E-state index in [-0.39, 0.29) is 42.3 Å². The first-order valence-corrected chi connectivity index (χ1v) is 22.9. The number of carbonyl (C=O) groups is 4. The van der Waals surface area contributed by atoms with Crippen molar-refractivity contribution >= 4 is 58.3 Å². The van der Waals surface area contributed by atoms with E-state index in [0.29, 0.717) is 73.9 Å². The second kappa shape index (κ2) is 29.5. The van der Waals surface area contributed by atoms with Crippen molar-refractivity contribution in [3.8, 4) is 0 Å². The first kappa shape index (κ1) is 50.6. The Bertz CT molecular complexity index is 1820. The fourth-order valence-electron chi connectivity index (χ4n) is 6.13. The fraction of sp³-hybridized carbons (Fsp3) is 0.634. The predicted octanol–water partition coefficient (Wildman–Crippen LogP) is 0.748. The van der Waals surface area contributed by atoms with E-state index in [1.54, 1.807) is 36.0 Å². The number of aromatic nitrogens is 4. The number of unbranched alkanes of at least 4 members (excludes halogenated alkanes) is 3. The summed E-state index contributed by atoms with van der Waals surface area (Å²) in [6, 6.07) is 5.22. The molecule has 340 valence electrons. The van der Waals surface area contributed by atoms with Crippen LogP contribution in [0.1, 0.15) is 94.0 Å². The van der Waals surface area contributed by atoms with Crippen molar-refractivity contribution in [2.24, 2.45) is 11.5 Å². The minimum atomic E-state index is -0.752. The minimum absolute atomic E-state index is 0.169. The van der Waals surface area contributed by atoms with E-state index in [0.717, 1.165) is 82.4 Å². The number of aromatic amines is 1. The maximum absolute atomic E-state index is 13.1. The van der Waals surface area contributed by atoms with Crippen LogP contribution in [0.5, 0.6) is 0 Å². The summed E-state index contributed by atoms with van der Waals surface area (Å²) < 4.78 is 1.46. The molecule has 2 atom stereocenters. The molecule has 0 fully saturated rings. The third-order valence-corrected chi connectivity index (χ3v) is 10.9. The molecule has 0 unspecified atom stereocenters. The van der Waals surface area contributed by atoms with Gasteiger partial charge in [-0.3, -0.25) is 23.7 Å². The Kier molecular flexibility index (Phi) is 24.5. The number of fused-ring (bicyclic) bond motifs is 1. The molecule has 19 nitrogen and oxygen atoms in total. The molecular formula is C41H70N14O5S. The number of nitrogens with one attached hydrogen (secondary N) is 8. The minimum Gasteiger partial charge on any atom is -0.382 e. The van der Waals surface area contributed by atoms with Gasteiger partial charge < -0.3 is 59.4 Å². The number of hydrogen-bond acceptors (Lipinski definition) is 14. The van der Waals surface area contributed by atoms with Crippen LogP contribution in [0.25, 0.3) is 11.2 Å². The SMILES string of the molecule is CCCCNc1nc(N)c2[nH]c(=O)n(Cc3ccc(C(=O)NCC(=O)NCCCC[C@H](NC(=O)[C@@H](N)CSCCC)C(=O)NCCCNCCCCNCCCN)cc3)c2n1. The molecule has 4 amide bonds. The molecule has 1 aromatic carbocycles. The van der Waals surface area contributed by atoms with E-state index in [2.05, 4.69) is 66.0 Å². The highest BCUT2D eigenvalue weighted by atomic mass is 32.2. The highest BCUT2D eigenvalue weighted by Crippen LogP contribution is 2.18. The van der Waals surface area contributed by atoms with Gasteiger partial charge in [0.15, 0.2) is 11.5 Å². The molecule has 2 heterocycles. The molecule has 0 aliphatic rings. The molecule has 0 aliphatic carbocycles. The van der Waals surface area contributed by atoms with Crippen LogP contribution < -0.4 is 60.1 Å². The Morgan fingerprint density at radius 2 is 1.49 bits per heavy atom. The lowest BCUT2D eigenvalue weighted by Gasteiger charge is -2.21. The third-order valence-electron chi connectivity index (χ3n) is 9.63. The first-order chi connectivity index (χ1) is 29.6. The van der Waals surface area contributed by atoms with Crippen LogP contribution in [0.2, 0.25) is 0 Å². The van der Waals surface area contributed by atoms with Gasteiger partial charge in [0, 0.05) is 31.0 Å². The van der Waals surface area contributed by atoms with Gasteiger partial charge >= 0.3 is 5.69 Å². The van der Waals surface area contributed by atoms with Crippen LogP contribution in [0.3, 0.4) is 0 Å². The standard InChI is InChI=1S/C41H70N14O5S/c1-3-5-22-49-40-53-35(44)34-36(54-40)55(41(60)52-34)27-29-13-15-30(16-14-29)37(57)50-26-33(56)47-23-7-6-12-32(51-38(58)31(43)28-61-25-4-2)39(59)48-24-11-21-46-19-9-8-18-45-20-10-17-42/h13-16,31-32,45-46H,3-12,17-28,42-43H2,1-2H3,(H,47,56)(H,48,59)(H,50,57)(H,51,58)(H,52,60)(H3,44,49,53,54)/t31-,32-/m0/s1. The summed E-state index contributed by atoms with van der Waals surface area (Å²) >= 11 is 1.60. The normalized spacial score (nSPS) is 12.2. The number of H-pyrrole nitrogens is 1. The molecule has 3 rings (SSSR count). The maximum atomic E-state index is 13.1. The van der Waals surface area contributed by atoms with Gasteiger partial charge in [-0.05, 0) is 114 Å². The third kappa shape index (κ3) is 19.2. The summed E-state index contributed by atoms with van der Waals surface area (Å²) in [5.74, 6) is 0.463. The molecule has 61 heavy (non-hydrogen) atoms. The predicted molar refractivity (Wildman–Crippen MR) is 244 cm³/mol. The summed E-state index contributed by atoms with van der Waals surface area (Å²) in [6.45, 7) is 9.87. The van der Waals surface area contributed by atoms with E-state index in [9.17, 15) is 24.0 Å². The van der Waals surface area contributed by atoms with E-state index in [1.807, 2.05) is 0 Å². The van der Waals surface area contributed by atoms with Crippen LogP contribution in [0, 0.1) is 0 Å². The van der Waals surface area contributed by atoms with E-state index < -0.39 is 18.0 Å². The number of rotatable bonds is 33. The number of imidazole rings is 1. The van der Waals surface area contributed by atoms with Crippen molar-refractivity contribution in [1.29, 1.82) is 0 Å². The van der Waals surface area contributed by atoms with Crippen molar-refractivity contribution in [3.05, 3.63) is 45.9 Å². The number of benzene rings is 1. The van der Waals surface area contributed by atoms with Crippen molar-refractivity contribution < 1.29 is 19.2 Å². The monoisotopic (exact) mass is 871 g/mol. The molecule has 14 N–H and O–H groups in total. The maximum Gasteiger partial charge on any atom is 0.328 e. The van der Waals surface area contributed by atoms with Crippen molar-refractivity contribution in [1.82, 2.24) is 51.4 Å². The zero-order valence-corrected chi connectivity index (χ0v) is 36.9. The summed E-state index contributed by atoms with van der Waals surface area (Å²) in [7, 11) is 0. The fourth-order valence-corrected chi connectivity index (χ4v) is 6.99. The van der Waals surface area contributed by atoms with E-state index >= 15 is 0 Å². The van der Waals surface area contributed by atoms with Crippen molar-refractivity contribution in [3.63, 3.8) is 0 Å². The second-order valence-electron chi connectivity index (χ2n) is 14.9. The Morgan fingerprint density at radius 1 is 0.803 bits per heavy atom. The van der Waals surface area contributed by atoms with Gasteiger partial charge in [0.2, 0.25) is 23.7 Å². The molecule has 0 saturated carbocycles. The molecule has 3 aromatic rings. The first-order valence-electron chi connectivity index (χ1n) is 21.7. The Hall–Kier alpha value is -4.76. The number of hydrogen-bond donors (Lipinski definition) is 11. The topological polar surface area (TPSA) is 294 Å². The average molecular weight is 871 g/mol. The van der Waals surface area contributed by atoms with Crippen molar-refractivity contribution in [2.75, 3.05) is 81.5 Å². The zero-order chi connectivity index (χ0) is 44.2. The van der Waals surface area contributed by atoms with Gasteiger partial charge in [0.05, 0.1) is 19.1 Å². The molecule has 0 radical (unpaired) electrons. The lowest BCUT2D eigenvalue weighted by atomic mass is 10.1. The van der Waals surface area contributed by atoms with Gasteiger partial charge in [0.25, 0.3) is 5.91 Å². The molecule has 2 aromatic heterocycles. The molecule has 0 bridgehead atoms. The summed E-state index contributed by atoms with van der Waals surface area (Å²) in [6.07, 6.45) is 8.28. The zero-order valence-electron chi connectivity index (χ0n) is 36.0. The molecule has 0 aliphatic heterocycles. The van der Waals surface area contributed by atoms with Gasteiger partial charge in [0.1, 0.15) is 11.6 Å². The van der Waals surface area contributed by atoms with E-state index in [4.69, 9.17) is 17.2 Å². The van der Waals surface area contributed by atoms with Gasteiger partial charge in [-0.2, -0.15) is 21.7 Å². The Labute approximate surface area is 363 Å². The highest BCUT2D eigenvalue weighted by molar-refractivity contribution is 7.99. The van der Waals surface area contributed by atoms with Crippen LogP contribution in [0.15, 0.2) is 29.1 Å². The molecule has 0 saturated heterocycles. The number of nitrogen functional groups attached to an aromatic ring is 1. The molecule has 20 heteroatoms. The number of nitrogens with two attached hydrogens (primary N) is 3. The summed E-state index contributed by atoms with van der Waals surface area (Å²) in [5, 5.41) is 21.1. The lowest BCUT2D eigenvalue weighted by molar-refractivity contribution is -0.129. The molecule has 0 spiro atoms. The van der Waals surface area contributed by atoms with Crippen molar-refractivity contribution in [2.45, 2.75) is 96.7 Å². The Balaban J connectivity index is 1.40. The van der Waals surface area contributed by atoms with Crippen LogP contribution in [-0.4, -0.2) is 126 Å². The van der Waals surface area contributed by atoms with Crippen LogP contribution in [0.4, 0.5) is 11.8 Å². The largest absolute Gasteiger partial charge is 0.382 e. The van der Waals surface area contributed by atoms with Gasteiger partial charge in [-0.15, -0.1) is 0 Å². The number of nitrogens with zero attached hydrogens (tertiary/aromatic N) is 3. The van der Waals surface area contributed by atoms with Crippen LogP contribution >= 0.6 is 11.8 Å². The quantitative estimate of drug-likeness (QED) is 0.0377.